The van der Waals surface area contributed by atoms with Crippen LogP contribution in [0.1, 0.15) is 49.3 Å². The molecule has 1 saturated heterocycles. The molecule has 0 bridgehead atoms. The van der Waals surface area contributed by atoms with Crippen molar-refractivity contribution in [3.63, 3.8) is 0 Å². The van der Waals surface area contributed by atoms with Crippen LogP contribution in [0.3, 0.4) is 0 Å². The van der Waals surface area contributed by atoms with E-state index in [0.717, 1.165) is 24.0 Å². The van der Waals surface area contributed by atoms with Gasteiger partial charge in [0.25, 0.3) is 0 Å². The third-order valence-electron chi connectivity index (χ3n) is 5.56. The summed E-state index contributed by atoms with van der Waals surface area (Å²) in [6, 6.07) is 7.16. The second-order valence-electron chi connectivity index (χ2n) is 7.37. The summed E-state index contributed by atoms with van der Waals surface area (Å²) in [5, 5.41) is 0. The molecule has 1 saturated carbocycles. The van der Waals surface area contributed by atoms with E-state index < -0.39 is 6.04 Å². The number of hydrogen-bond donors (Lipinski definition) is 1. The van der Waals surface area contributed by atoms with E-state index in [1.165, 1.54) is 19.3 Å². The maximum absolute atomic E-state index is 12.7. The summed E-state index contributed by atoms with van der Waals surface area (Å²) >= 11 is 0. The molecule has 1 aliphatic carbocycles. The number of carbonyl (C=O) groups is 2. The number of hydrogen-bond acceptors (Lipinski definition) is 3. The van der Waals surface area contributed by atoms with Gasteiger partial charge in [0.15, 0.2) is 0 Å². The molecule has 1 heterocycles. The van der Waals surface area contributed by atoms with Crippen LogP contribution in [0.5, 0.6) is 0 Å². The van der Waals surface area contributed by atoms with Crippen molar-refractivity contribution in [2.24, 2.45) is 11.7 Å². The highest BCUT2D eigenvalue weighted by atomic mass is 16.2. The lowest BCUT2D eigenvalue weighted by atomic mass is 9.88. The Morgan fingerprint density at radius 2 is 1.52 bits per heavy atom. The molecular formula is C20H29N3O2. The molecule has 1 aromatic rings. The number of benzene rings is 1. The van der Waals surface area contributed by atoms with Gasteiger partial charge in [-0.2, -0.15) is 0 Å². The van der Waals surface area contributed by atoms with E-state index in [1.807, 2.05) is 36.1 Å². The van der Waals surface area contributed by atoms with E-state index in [2.05, 4.69) is 0 Å². The third-order valence-corrected chi connectivity index (χ3v) is 5.56. The van der Waals surface area contributed by atoms with Gasteiger partial charge >= 0.3 is 0 Å². The van der Waals surface area contributed by atoms with Crippen molar-refractivity contribution in [1.82, 2.24) is 9.80 Å². The highest BCUT2D eigenvalue weighted by Gasteiger charge is 2.31. The predicted molar refractivity (Wildman–Crippen MR) is 97.8 cm³/mol. The van der Waals surface area contributed by atoms with Gasteiger partial charge in [-0.3, -0.25) is 9.59 Å². The van der Waals surface area contributed by atoms with Gasteiger partial charge in [-0.25, -0.2) is 0 Å². The molecule has 0 radical (unpaired) electrons. The van der Waals surface area contributed by atoms with E-state index in [-0.39, 0.29) is 17.7 Å². The van der Waals surface area contributed by atoms with Crippen LogP contribution in [0, 0.1) is 12.8 Å². The summed E-state index contributed by atoms with van der Waals surface area (Å²) in [4.78, 5) is 29.0. The van der Waals surface area contributed by atoms with Crippen LogP contribution in [0.2, 0.25) is 0 Å². The Morgan fingerprint density at radius 3 is 2.12 bits per heavy atom. The van der Waals surface area contributed by atoms with Gasteiger partial charge in [0, 0.05) is 32.1 Å². The average Bonchev–Trinajstić information content (AvgIpc) is 2.67. The zero-order valence-corrected chi connectivity index (χ0v) is 15.1. The van der Waals surface area contributed by atoms with E-state index >= 15 is 0 Å². The zero-order valence-electron chi connectivity index (χ0n) is 15.1. The molecule has 1 unspecified atom stereocenters. The molecule has 3 rings (SSSR count). The molecule has 25 heavy (non-hydrogen) atoms. The minimum atomic E-state index is -0.624. The minimum Gasteiger partial charge on any atom is -0.339 e. The Hall–Kier alpha value is -1.88. The van der Waals surface area contributed by atoms with Crippen molar-refractivity contribution < 1.29 is 9.59 Å². The van der Waals surface area contributed by atoms with E-state index in [1.54, 1.807) is 4.90 Å². The van der Waals surface area contributed by atoms with Gasteiger partial charge in [0.2, 0.25) is 11.8 Å². The zero-order chi connectivity index (χ0) is 17.8. The molecular weight excluding hydrogens is 314 g/mol. The first-order valence-corrected chi connectivity index (χ1v) is 9.46. The van der Waals surface area contributed by atoms with E-state index in [4.69, 9.17) is 5.73 Å². The molecule has 2 fully saturated rings. The molecule has 5 heteroatoms. The number of carbonyl (C=O) groups excluding carboxylic acids is 2. The standard InChI is InChI=1S/C20H29N3O2/c1-15-7-9-16(10-8-15)18(21)20(25)23-13-11-22(12-14-23)19(24)17-5-3-2-4-6-17/h7-10,17-18H,2-6,11-14,21H2,1H3. The largest absolute Gasteiger partial charge is 0.339 e. The van der Waals surface area contributed by atoms with Gasteiger partial charge in [-0.1, -0.05) is 49.1 Å². The van der Waals surface area contributed by atoms with Gasteiger partial charge in [0.05, 0.1) is 0 Å². The number of piperazine rings is 1. The fourth-order valence-corrected chi connectivity index (χ4v) is 3.87. The monoisotopic (exact) mass is 343 g/mol. The van der Waals surface area contributed by atoms with Crippen LogP contribution < -0.4 is 5.73 Å². The highest BCUT2D eigenvalue weighted by molar-refractivity contribution is 5.84. The Labute approximate surface area is 150 Å². The lowest BCUT2D eigenvalue weighted by molar-refractivity contribution is -0.143. The smallest absolute Gasteiger partial charge is 0.244 e. The Kier molecular flexibility index (Phi) is 5.74. The molecule has 2 amide bonds. The number of rotatable bonds is 3. The number of nitrogens with zero attached hydrogens (tertiary/aromatic N) is 2. The van der Waals surface area contributed by atoms with Crippen molar-refractivity contribution in [1.29, 1.82) is 0 Å². The van der Waals surface area contributed by atoms with Gasteiger partial charge < -0.3 is 15.5 Å². The number of amides is 2. The molecule has 0 aromatic heterocycles. The fourth-order valence-electron chi connectivity index (χ4n) is 3.87. The maximum Gasteiger partial charge on any atom is 0.244 e. The summed E-state index contributed by atoms with van der Waals surface area (Å²) in [6.07, 6.45) is 5.63. The predicted octanol–water partition coefficient (Wildman–Crippen LogP) is 2.25. The molecule has 1 atom stereocenters. The van der Waals surface area contributed by atoms with Crippen molar-refractivity contribution in [2.75, 3.05) is 26.2 Å². The molecule has 2 N–H and O–H groups in total. The van der Waals surface area contributed by atoms with Gasteiger partial charge in [-0.05, 0) is 25.3 Å². The number of nitrogens with two attached hydrogens (primary N) is 1. The molecule has 0 spiro atoms. The second kappa shape index (κ2) is 8.00. The average molecular weight is 343 g/mol. The fraction of sp³-hybridized carbons (Fsp3) is 0.600. The van der Waals surface area contributed by atoms with Crippen molar-refractivity contribution in [3.05, 3.63) is 35.4 Å². The first-order chi connectivity index (χ1) is 12.1. The van der Waals surface area contributed by atoms with Gasteiger partial charge in [-0.15, -0.1) is 0 Å². The van der Waals surface area contributed by atoms with Gasteiger partial charge in [0.1, 0.15) is 6.04 Å². The first-order valence-electron chi connectivity index (χ1n) is 9.46. The maximum atomic E-state index is 12.7. The van der Waals surface area contributed by atoms with Crippen molar-refractivity contribution in [2.45, 2.75) is 45.1 Å². The van der Waals surface area contributed by atoms with Crippen molar-refractivity contribution in [3.8, 4) is 0 Å². The van der Waals surface area contributed by atoms with Crippen LogP contribution in [-0.4, -0.2) is 47.8 Å². The Bertz CT molecular complexity index is 600. The van der Waals surface area contributed by atoms with Crippen LogP contribution in [0.15, 0.2) is 24.3 Å². The van der Waals surface area contributed by atoms with Crippen LogP contribution in [0.4, 0.5) is 0 Å². The third kappa shape index (κ3) is 4.21. The summed E-state index contributed by atoms with van der Waals surface area (Å²) in [6.45, 7) is 4.43. The SMILES string of the molecule is Cc1ccc(C(N)C(=O)N2CCN(C(=O)C3CCCCC3)CC2)cc1. The van der Waals surface area contributed by atoms with Crippen LogP contribution in [-0.2, 0) is 9.59 Å². The summed E-state index contributed by atoms with van der Waals surface area (Å²) in [5.74, 6) is 0.439. The Morgan fingerprint density at radius 1 is 0.960 bits per heavy atom. The quantitative estimate of drug-likeness (QED) is 0.915. The molecule has 5 nitrogen and oxygen atoms in total. The molecule has 136 valence electrons. The summed E-state index contributed by atoms with van der Waals surface area (Å²) in [7, 11) is 0. The minimum absolute atomic E-state index is 0.0476. The first kappa shape index (κ1) is 17.9. The van der Waals surface area contributed by atoms with E-state index in [0.29, 0.717) is 26.2 Å². The topological polar surface area (TPSA) is 66.6 Å². The molecule has 1 aliphatic heterocycles. The normalized spacial score (nSPS) is 20.4. The van der Waals surface area contributed by atoms with Crippen LogP contribution >= 0.6 is 0 Å². The lowest BCUT2D eigenvalue weighted by Gasteiger charge is -2.38. The van der Waals surface area contributed by atoms with Crippen LogP contribution in [0.25, 0.3) is 0 Å². The van der Waals surface area contributed by atoms with Crippen molar-refractivity contribution >= 4 is 11.8 Å². The lowest BCUT2D eigenvalue weighted by Crippen LogP contribution is -2.53. The molecule has 1 aromatic carbocycles. The highest BCUT2D eigenvalue weighted by Crippen LogP contribution is 2.26. The second-order valence-corrected chi connectivity index (χ2v) is 7.37. The molecule has 2 aliphatic rings. The summed E-state index contributed by atoms with van der Waals surface area (Å²) in [5.41, 5.74) is 8.15. The summed E-state index contributed by atoms with van der Waals surface area (Å²) < 4.78 is 0. The van der Waals surface area contributed by atoms with E-state index in [9.17, 15) is 9.59 Å². The number of aryl methyl sites for hydroxylation is 1. The Balaban J connectivity index is 1.53.